The molecule has 4 heteroatoms. The lowest BCUT2D eigenvalue weighted by Crippen LogP contribution is -2.31. The Balaban J connectivity index is 2.49. The topological polar surface area (TPSA) is 40.5 Å². The number of hydrogen-bond acceptors (Lipinski definition) is 3. The van der Waals surface area contributed by atoms with E-state index >= 15 is 0 Å². The highest BCUT2D eigenvalue weighted by atomic mass is 32.2. The van der Waals surface area contributed by atoms with Crippen LogP contribution in [-0.2, 0) is 6.42 Å². The molecule has 2 N–H and O–H groups in total. The highest BCUT2D eigenvalue weighted by molar-refractivity contribution is 7.99. The molecule has 0 bridgehead atoms. The molecule has 0 aliphatic carbocycles. The summed E-state index contributed by atoms with van der Waals surface area (Å²) in [4.78, 5) is 1.06. The minimum absolute atomic E-state index is 0.648. The van der Waals surface area contributed by atoms with Gasteiger partial charge in [0.1, 0.15) is 0 Å². The van der Waals surface area contributed by atoms with Gasteiger partial charge in [-0.1, -0.05) is 18.2 Å². The van der Waals surface area contributed by atoms with E-state index in [-0.39, 0.29) is 0 Å². The highest BCUT2D eigenvalue weighted by Crippen LogP contribution is 2.29. The maximum atomic E-state index is 9.03. The van der Waals surface area contributed by atoms with Crippen molar-refractivity contribution in [3.63, 3.8) is 0 Å². The van der Waals surface area contributed by atoms with Crippen LogP contribution >= 0.6 is 11.8 Å². The number of benzene rings is 1. The first-order valence-electron chi connectivity index (χ1n) is 3.90. The molecule has 1 aliphatic rings. The average Bonchev–Trinajstić information content (AvgIpc) is 2.49. The Morgan fingerprint density at radius 2 is 2.17 bits per heavy atom. The van der Waals surface area contributed by atoms with Gasteiger partial charge in [0.05, 0.1) is 0 Å². The molecule has 0 radical (unpaired) electrons. The van der Waals surface area contributed by atoms with Crippen LogP contribution in [0.3, 0.4) is 0 Å². The molecule has 0 amide bonds. The van der Waals surface area contributed by atoms with Gasteiger partial charge in [0.25, 0.3) is 0 Å². The average molecular weight is 180 g/mol. The first-order chi connectivity index (χ1) is 5.79. The number of thioether (sulfide) groups is 1. The zero-order valence-electron chi connectivity index (χ0n) is 6.53. The molecule has 0 unspecified atom stereocenters. The van der Waals surface area contributed by atoms with Crippen molar-refractivity contribution in [1.82, 2.24) is 0 Å². The number of rotatable bonds is 1. The van der Waals surface area contributed by atoms with Crippen LogP contribution < -0.4 is 5.46 Å². The van der Waals surface area contributed by atoms with E-state index in [1.165, 1.54) is 5.56 Å². The summed E-state index contributed by atoms with van der Waals surface area (Å²) in [6.07, 6.45) is 1.04. The fourth-order valence-electron chi connectivity index (χ4n) is 1.44. The Bertz CT molecular complexity index is 301. The molecule has 62 valence electrons. The summed E-state index contributed by atoms with van der Waals surface area (Å²) >= 11 is 1.70. The van der Waals surface area contributed by atoms with Gasteiger partial charge >= 0.3 is 7.12 Å². The third-order valence-corrected chi connectivity index (χ3v) is 3.22. The molecular weight excluding hydrogens is 171 g/mol. The molecule has 1 heterocycles. The molecule has 2 nitrogen and oxygen atoms in total. The lowest BCUT2D eigenvalue weighted by molar-refractivity contribution is 0.425. The van der Waals surface area contributed by atoms with Gasteiger partial charge in [-0.2, -0.15) is 0 Å². The summed E-state index contributed by atoms with van der Waals surface area (Å²) in [6.45, 7) is 0. The fourth-order valence-corrected chi connectivity index (χ4v) is 2.67. The number of aryl methyl sites for hydroxylation is 1. The molecule has 2 rings (SSSR count). The predicted octanol–water partition coefficient (Wildman–Crippen LogP) is 0.0146. The van der Waals surface area contributed by atoms with Crippen LogP contribution in [0.25, 0.3) is 0 Å². The quantitative estimate of drug-likeness (QED) is 0.598. The standard InChI is InChI=1S/C8H9BO2S/c10-9(11)7-3-1-2-6-4-5-12-8(6)7/h1-3,10-11H,4-5H2. The van der Waals surface area contributed by atoms with Gasteiger partial charge in [-0.15, -0.1) is 11.8 Å². The van der Waals surface area contributed by atoms with E-state index < -0.39 is 7.12 Å². The van der Waals surface area contributed by atoms with Crippen molar-refractivity contribution >= 4 is 24.3 Å². The fraction of sp³-hybridized carbons (Fsp3) is 0.250. The summed E-state index contributed by atoms with van der Waals surface area (Å²) in [5.41, 5.74) is 1.89. The van der Waals surface area contributed by atoms with Gasteiger partial charge in [0.15, 0.2) is 0 Å². The predicted molar refractivity (Wildman–Crippen MR) is 50.7 cm³/mol. The SMILES string of the molecule is OB(O)c1cccc2c1SCC2. The first-order valence-corrected chi connectivity index (χ1v) is 4.88. The molecule has 1 aromatic rings. The van der Waals surface area contributed by atoms with Crippen LogP contribution in [0, 0.1) is 0 Å². The van der Waals surface area contributed by atoms with Crippen molar-refractivity contribution < 1.29 is 10.0 Å². The van der Waals surface area contributed by atoms with Crippen molar-refractivity contribution in [3.05, 3.63) is 23.8 Å². The van der Waals surface area contributed by atoms with Crippen LogP contribution in [0.5, 0.6) is 0 Å². The number of fused-ring (bicyclic) bond motifs is 1. The molecule has 0 fully saturated rings. The Labute approximate surface area is 75.8 Å². The van der Waals surface area contributed by atoms with Gasteiger partial charge in [-0.25, -0.2) is 0 Å². The Morgan fingerprint density at radius 1 is 1.33 bits per heavy atom. The normalized spacial score (nSPS) is 14.5. The molecule has 1 aromatic carbocycles. The van der Waals surface area contributed by atoms with E-state index in [2.05, 4.69) is 0 Å². The lowest BCUT2D eigenvalue weighted by atomic mass is 9.79. The molecule has 0 saturated carbocycles. The molecule has 0 saturated heterocycles. The van der Waals surface area contributed by atoms with E-state index in [1.807, 2.05) is 12.1 Å². The first kappa shape index (κ1) is 8.17. The molecule has 1 aliphatic heterocycles. The summed E-state index contributed by atoms with van der Waals surface area (Å²) < 4.78 is 0. The van der Waals surface area contributed by atoms with Crippen LogP contribution in [0.15, 0.2) is 23.1 Å². The van der Waals surface area contributed by atoms with E-state index in [1.54, 1.807) is 17.8 Å². The van der Waals surface area contributed by atoms with E-state index in [4.69, 9.17) is 10.0 Å². The summed E-state index contributed by atoms with van der Waals surface area (Å²) in [7, 11) is -1.33. The number of hydrogen-bond donors (Lipinski definition) is 2. The summed E-state index contributed by atoms with van der Waals surface area (Å²) in [6, 6.07) is 5.68. The molecular formula is C8H9BO2S. The van der Waals surface area contributed by atoms with Gasteiger partial charge in [0.2, 0.25) is 0 Å². The zero-order valence-corrected chi connectivity index (χ0v) is 7.34. The van der Waals surface area contributed by atoms with E-state index in [0.29, 0.717) is 5.46 Å². The highest BCUT2D eigenvalue weighted by Gasteiger charge is 2.21. The molecule has 0 aromatic heterocycles. The van der Waals surface area contributed by atoms with Crippen molar-refractivity contribution in [3.8, 4) is 0 Å². The molecule has 12 heavy (non-hydrogen) atoms. The largest absolute Gasteiger partial charge is 0.489 e. The second-order valence-corrected chi connectivity index (χ2v) is 3.91. The van der Waals surface area contributed by atoms with Crippen LogP contribution in [0.2, 0.25) is 0 Å². The summed E-state index contributed by atoms with van der Waals surface area (Å²) in [5, 5.41) is 18.1. The van der Waals surface area contributed by atoms with Crippen LogP contribution in [-0.4, -0.2) is 22.9 Å². The Kier molecular flexibility index (Phi) is 2.13. The molecule has 0 atom stereocenters. The maximum Gasteiger partial charge on any atom is 0.489 e. The van der Waals surface area contributed by atoms with Gasteiger partial charge in [0, 0.05) is 10.6 Å². The Hall–Kier alpha value is -0.445. The minimum Gasteiger partial charge on any atom is -0.423 e. The minimum atomic E-state index is -1.33. The monoisotopic (exact) mass is 180 g/mol. The second kappa shape index (κ2) is 3.13. The second-order valence-electron chi connectivity index (χ2n) is 2.81. The van der Waals surface area contributed by atoms with E-state index in [9.17, 15) is 0 Å². The van der Waals surface area contributed by atoms with E-state index in [0.717, 1.165) is 17.1 Å². The maximum absolute atomic E-state index is 9.03. The van der Waals surface area contributed by atoms with Gasteiger partial charge < -0.3 is 10.0 Å². The zero-order chi connectivity index (χ0) is 8.55. The third-order valence-electron chi connectivity index (χ3n) is 2.02. The van der Waals surface area contributed by atoms with Crippen molar-refractivity contribution in [1.29, 1.82) is 0 Å². The Morgan fingerprint density at radius 3 is 2.92 bits per heavy atom. The van der Waals surface area contributed by atoms with Crippen molar-refractivity contribution in [2.24, 2.45) is 0 Å². The molecule has 0 spiro atoms. The smallest absolute Gasteiger partial charge is 0.423 e. The lowest BCUT2D eigenvalue weighted by Gasteiger charge is -2.05. The van der Waals surface area contributed by atoms with Gasteiger partial charge in [-0.05, 0) is 17.4 Å². The van der Waals surface area contributed by atoms with Crippen LogP contribution in [0.1, 0.15) is 5.56 Å². The summed E-state index contributed by atoms with van der Waals surface area (Å²) in [5.74, 6) is 1.05. The third kappa shape index (κ3) is 1.26. The van der Waals surface area contributed by atoms with Crippen molar-refractivity contribution in [2.45, 2.75) is 11.3 Å². The van der Waals surface area contributed by atoms with Crippen LogP contribution in [0.4, 0.5) is 0 Å². The van der Waals surface area contributed by atoms with Gasteiger partial charge in [-0.3, -0.25) is 0 Å². The van der Waals surface area contributed by atoms with Crippen molar-refractivity contribution in [2.75, 3.05) is 5.75 Å².